The smallest absolute Gasteiger partial charge is 0.338 e. The molecule has 0 aliphatic rings. The van der Waals surface area contributed by atoms with Gasteiger partial charge in [-0.15, -0.1) is 0 Å². The van der Waals surface area contributed by atoms with E-state index in [1.165, 1.54) is 12.1 Å². The van der Waals surface area contributed by atoms with Gasteiger partial charge in [-0.1, -0.05) is 24.3 Å². The van der Waals surface area contributed by atoms with Crippen molar-refractivity contribution in [1.29, 1.82) is 0 Å². The maximum absolute atomic E-state index is 11.8. The Bertz CT molecular complexity index is 1180. The molecule has 0 aliphatic carbocycles. The van der Waals surface area contributed by atoms with Gasteiger partial charge in [0.2, 0.25) is 0 Å². The zero-order valence-electron chi connectivity index (χ0n) is 12.6. The fourth-order valence-corrected chi connectivity index (χ4v) is 3.17. The highest BCUT2D eigenvalue weighted by Gasteiger charge is 2.20. The van der Waals surface area contributed by atoms with Crippen LogP contribution < -0.4 is 0 Å². The number of aryl methyl sites for hydroxylation is 1. The summed E-state index contributed by atoms with van der Waals surface area (Å²) in [7, 11) is 0. The highest BCUT2D eigenvalue weighted by atomic mass is 16.6. The Morgan fingerprint density at radius 2 is 1.92 bits per heavy atom. The summed E-state index contributed by atoms with van der Waals surface area (Å²) in [5.41, 5.74) is 2.28. The zero-order valence-corrected chi connectivity index (χ0v) is 12.6. The number of carboxylic acids is 1. The summed E-state index contributed by atoms with van der Waals surface area (Å²) in [6.45, 7) is 1.68. The van der Waals surface area contributed by atoms with Crippen LogP contribution in [-0.4, -0.2) is 25.4 Å². The van der Waals surface area contributed by atoms with Crippen LogP contribution in [0.4, 0.5) is 5.69 Å². The molecule has 0 spiro atoms. The van der Waals surface area contributed by atoms with Crippen molar-refractivity contribution >= 4 is 39.1 Å². The predicted octanol–water partition coefficient (Wildman–Crippen LogP) is 3.56. The molecule has 0 saturated carbocycles. The predicted molar refractivity (Wildman–Crippen MR) is 88.6 cm³/mol. The number of carbonyl (C=O) groups is 1. The van der Waals surface area contributed by atoms with Crippen LogP contribution in [0.15, 0.2) is 42.5 Å². The minimum atomic E-state index is -1.04. The molecule has 4 rings (SSSR count). The Hall–Kier alpha value is -3.48. The highest BCUT2D eigenvalue weighted by Crippen LogP contribution is 2.31. The van der Waals surface area contributed by atoms with Crippen LogP contribution in [-0.2, 0) is 0 Å². The summed E-state index contributed by atoms with van der Waals surface area (Å²) in [5, 5.41) is 22.0. The molecule has 0 atom stereocenters. The number of hydrogen-bond donors (Lipinski definition) is 1. The second-order valence-corrected chi connectivity index (χ2v) is 5.51. The van der Waals surface area contributed by atoms with Crippen molar-refractivity contribution in [3.63, 3.8) is 0 Å². The number of imidazole rings is 1. The van der Waals surface area contributed by atoms with Gasteiger partial charge in [0.15, 0.2) is 0 Å². The maximum atomic E-state index is 11.8. The molecule has 2 aromatic heterocycles. The first-order valence-electron chi connectivity index (χ1n) is 7.20. The van der Waals surface area contributed by atoms with E-state index in [0.29, 0.717) is 33.1 Å². The number of rotatable bonds is 2. The van der Waals surface area contributed by atoms with E-state index in [-0.39, 0.29) is 11.3 Å². The molecule has 118 valence electrons. The summed E-state index contributed by atoms with van der Waals surface area (Å²) in [5.74, 6) is -1.04. The number of aromatic carboxylic acids is 1. The van der Waals surface area contributed by atoms with Crippen molar-refractivity contribution < 1.29 is 14.8 Å². The molecule has 2 aromatic carbocycles. The summed E-state index contributed by atoms with van der Waals surface area (Å²) >= 11 is 0. The number of non-ortho nitro benzene ring substituents is 1. The quantitative estimate of drug-likeness (QED) is 0.449. The van der Waals surface area contributed by atoms with Crippen LogP contribution in [0.1, 0.15) is 16.1 Å². The summed E-state index contributed by atoms with van der Waals surface area (Å²) in [4.78, 5) is 26.9. The lowest BCUT2D eigenvalue weighted by Gasteiger charge is -2.10. The number of carboxylic acid groups (broad SMARTS) is 1. The fraction of sp³-hybridized carbons (Fsp3) is 0.0588. The standard InChI is InChI=1S/C17H11N3O4/c1-9-15(17(21)22)11-4-2-3-5-12(11)16-18-13-7-6-10(20(23)24)8-14(13)19(9)16/h2-8H,1H3,(H,21,22). The molecule has 2 heterocycles. The first-order valence-corrected chi connectivity index (χ1v) is 7.20. The van der Waals surface area contributed by atoms with Gasteiger partial charge in [0.1, 0.15) is 5.65 Å². The maximum Gasteiger partial charge on any atom is 0.338 e. The number of benzene rings is 2. The van der Waals surface area contributed by atoms with Gasteiger partial charge in [-0.2, -0.15) is 0 Å². The van der Waals surface area contributed by atoms with Crippen molar-refractivity contribution in [3.8, 4) is 0 Å². The normalized spacial score (nSPS) is 11.4. The van der Waals surface area contributed by atoms with Crippen molar-refractivity contribution in [2.75, 3.05) is 0 Å². The average Bonchev–Trinajstić information content (AvgIpc) is 2.93. The molecule has 0 saturated heterocycles. The molecule has 0 amide bonds. The zero-order chi connectivity index (χ0) is 17.0. The highest BCUT2D eigenvalue weighted by molar-refractivity contribution is 6.10. The third-order valence-corrected chi connectivity index (χ3v) is 4.20. The van der Waals surface area contributed by atoms with Crippen molar-refractivity contribution in [3.05, 3.63) is 63.8 Å². The number of nitro benzene ring substituents is 1. The number of fused-ring (bicyclic) bond motifs is 5. The first-order chi connectivity index (χ1) is 11.5. The van der Waals surface area contributed by atoms with Gasteiger partial charge in [-0.25, -0.2) is 9.78 Å². The number of nitro groups is 1. The van der Waals surface area contributed by atoms with Crippen molar-refractivity contribution in [2.24, 2.45) is 0 Å². The third kappa shape index (κ3) is 1.78. The Morgan fingerprint density at radius 1 is 1.21 bits per heavy atom. The second-order valence-electron chi connectivity index (χ2n) is 5.51. The van der Waals surface area contributed by atoms with Crippen LogP contribution >= 0.6 is 0 Å². The van der Waals surface area contributed by atoms with Crippen molar-refractivity contribution in [2.45, 2.75) is 6.92 Å². The molecule has 0 fully saturated rings. The summed E-state index contributed by atoms with van der Waals surface area (Å²) in [6, 6.07) is 11.5. The first kappa shape index (κ1) is 14.1. The van der Waals surface area contributed by atoms with Gasteiger partial charge in [0.05, 0.1) is 21.5 Å². The molecule has 0 unspecified atom stereocenters. The van der Waals surface area contributed by atoms with Gasteiger partial charge in [-0.3, -0.25) is 14.5 Å². The van der Waals surface area contributed by atoms with Crippen LogP contribution in [0.5, 0.6) is 0 Å². The summed E-state index contributed by atoms with van der Waals surface area (Å²) in [6.07, 6.45) is 0. The number of aromatic nitrogens is 2. The van der Waals surface area contributed by atoms with E-state index >= 15 is 0 Å². The van der Waals surface area contributed by atoms with E-state index in [1.807, 2.05) is 6.07 Å². The van der Waals surface area contributed by atoms with E-state index in [9.17, 15) is 20.0 Å². The van der Waals surface area contributed by atoms with E-state index in [0.717, 1.165) is 0 Å². The van der Waals surface area contributed by atoms with Crippen molar-refractivity contribution in [1.82, 2.24) is 9.38 Å². The third-order valence-electron chi connectivity index (χ3n) is 4.20. The molecule has 0 aliphatic heterocycles. The number of nitrogens with zero attached hydrogens (tertiary/aromatic N) is 3. The van der Waals surface area contributed by atoms with E-state index in [4.69, 9.17) is 0 Å². The lowest BCUT2D eigenvalue weighted by Crippen LogP contribution is -2.06. The summed E-state index contributed by atoms with van der Waals surface area (Å²) < 4.78 is 1.67. The monoisotopic (exact) mass is 321 g/mol. The molecular weight excluding hydrogens is 310 g/mol. The average molecular weight is 321 g/mol. The van der Waals surface area contributed by atoms with E-state index in [2.05, 4.69) is 4.98 Å². The SMILES string of the molecule is Cc1c(C(=O)O)c2ccccc2c2nc3ccc([N+](=O)[O-])cc3n12. The lowest BCUT2D eigenvalue weighted by atomic mass is 10.0. The topological polar surface area (TPSA) is 97.7 Å². The molecule has 7 heteroatoms. The molecular formula is C17H11N3O4. The Kier molecular flexibility index (Phi) is 2.80. The van der Waals surface area contributed by atoms with Crippen LogP contribution in [0.25, 0.3) is 27.5 Å². The van der Waals surface area contributed by atoms with Gasteiger partial charge in [0.25, 0.3) is 5.69 Å². The van der Waals surface area contributed by atoms with Gasteiger partial charge in [0, 0.05) is 28.6 Å². The Morgan fingerprint density at radius 3 is 2.58 bits per heavy atom. The van der Waals surface area contributed by atoms with E-state index < -0.39 is 10.9 Å². The van der Waals surface area contributed by atoms with Crippen LogP contribution in [0.3, 0.4) is 0 Å². The lowest BCUT2D eigenvalue weighted by molar-refractivity contribution is -0.384. The Labute approximate surface area is 134 Å². The molecule has 24 heavy (non-hydrogen) atoms. The molecule has 7 nitrogen and oxygen atoms in total. The molecule has 1 N–H and O–H groups in total. The van der Waals surface area contributed by atoms with Gasteiger partial charge < -0.3 is 5.11 Å². The molecule has 4 aromatic rings. The van der Waals surface area contributed by atoms with E-state index in [1.54, 1.807) is 35.6 Å². The molecule has 0 bridgehead atoms. The second kappa shape index (κ2) is 4.76. The molecule has 0 radical (unpaired) electrons. The van der Waals surface area contributed by atoms with Crippen LogP contribution in [0.2, 0.25) is 0 Å². The number of hydrogen-bond acceptors (Lipinski definition) is 4. The van der Waals surface area contributed by atoms with Gasteiger partial charge >= 0.3 is 5.97 Å². The largest absolute Gasteiger partial charge is 0.478 e. The Balaban J connectivity index is 2.30. The minimum Gasteiger partial charge on any atom is -0.478 e. The van der Waals surface area contributed by atoms with Gasteiger partial charge in [-0.05, 0) is 13.0 Å². The van der Waals surface area contributed by atoms with Crippen LogP contribution in [0, 0.1) is 17.0 Å². The number of pyridine rings is 1. The fourth-order valence-electron chi connectivity index (χ4n) is 3.17. The minimum absolute atomic E-state index is 0.0614.